The molecule has 0 fully saturated rings. The maximum absolute atomic E-state index is 12.0. The van der Waals surface area contributed by atoms with E-state index in [0.717, 1.165) is 17.7 Å². The predicted molar refractivity (Wildman–Crippen MR) is 67.0 cm³/mol. The Morgan fingerprint density at radius 3 is 2.58 bits per heavy atom. The number of nitrogens with one attached hydrogen (secondary N) is 1. The summed E-state index contributed by atoms with van der Waals surface area (Å²) in [5.41, 5.74) is 1.98. The molecule has 0 saturated carbocycles. The zero-order chi connectivity index (χ0) is 14.3. The Labute approximate surface area is 111 Å². The molecule has 0 spiro atoms. The first-order valence-electron chi connectivity index (χ1n) is 6.20. The van der Waals surface area contributed by atoms with E-state index in [0.29, 0.717) is 6.42 Å². The van der Waals surface area contributed by atoms with E-state index in [1.165, 1.54) is 0 Å². The second kappa shape index (κ2) is 7.45. The fourth-order valence-electron chi connectivity index (χ4n) is 1.60. The van der Waals surface area contributed by atoms with E-state index in [9.17, 15) is 13.2 Å². The van der Waals surface area contributed by atoms with Gasteiger partial charge in [0.05, 0.1) is 6.61 Å². The van der Waals surface area contributed by atoms with Crippen LogP contribution in [-0.2, 0) is 17.6 Å². The third-order valence-corrected chi connectivity index (χ3v) is 2.74. The quantitative estimate of drug-likeness (QED) is 0.830. The number of hydrogen-bond acceptors (Lipinski definition) is 3. The number of pyridine rings is 1. The van der Waals surface area contributed by atoms with Crippen LogP contribution < -0.4 is 5.32 Å². The van der Waals surface area contributed by atoms with Crippen molar-refractivity contribution in [1.82, 2.24) is 10.3 Å². The summed E-state index contributed by atoms with van der Waals surface area (Å²) < 4.78 is 40.5. The molecule has 0 aliphatic carbocycles. The van der Waals surface area contributed by atoms with Crippen molar-refractivity contribution in [1.29, 1.82) is 0 Å². The second-order valence-electron chi connectivity index (χ2n) is 4.33. The first-order valence-corrected chi connectivity index (χ1v) is 6.20. The summed E-state index contributed by atoms with van der Waals surface area (Å²) >= 11 is 0. The van der Waals surface area contributed by atoms with Gasteiger partial charge in [-0.05, 0) is 25.1 Å². The van der Waals surface area contributed by atoms with Crippen LogP contribution in [-0.4, -0.2) is 37.5 Å². The number of alkyl halides is 3. The Kier molecular flexibility index (Phi) is 6.24. The van der Waals surface area contributed by atoms with Gasteiger partial charge in [-0.2, -0.15) is 13.2 Å². The molecule has 0 aliphatic heterocycles. The molecule has 3 nitrogen and oxygen atoms in total. The van der Waals surface area contributed by atoms with E-state index in [-0.39, 0.29) is 12.6 Å². The summed E-state index contributed by atoms with van der Waals surface area (Å²) in [5, 5.41) is 2.93. The highest BCUT2D eigenvalue weighted by Crippen LogP contribution is 2.14. The molecule has 1 aromatic rings. The minimum atomic E-state index is -4.28. The van der Waals surface area contributed by atoms with Gasteiger partial charge in [0.15, 0.2) is 0 Å². The van der Waals surface area contributed by atoms with Crippen molar-refractivity contribution in [2.45, 2.75) is 32.0 Å². The van der Waals surface area contributed by atoms with Crippen molar-refractivity contribution in [3.8, 4) is 0 Å². The molecule has 1 rings (SSSR count). The highest BCUT2D eigenvalue weighted by molar-refractivity contribution is 5.14. The fraction of sp³-hybridized carbons (Fsp3) is 0.615. The standard InChI is InChI=1S/C13H19F3N2O/c1-3-10-4-5-11(18-7-10)6-12(17-2)8-19-9-13(14,15)16/h4-5,7,12,17H,3,6,8-9H2,1-2H3. The van der Waals surface area contributed by atoms with Gasteiger partial charge < -0.3 is 10.1 Å². The van der Waals surface area contributed by atoms with Gasteiger partial charge >= 0.3 is 6.18 Å². The Hall–Kier alpha value is -1.14. The van der Waals surface area contributed by atoms with Crippen LogP contribution in [0.5, 0.6) is 0 Å². The van der Waals surface area contributed by atoms with Gasteiger partial charge in [0, 0.05) is 24.4 Å². The van der Waals surface area contributed by atoms with E-state index in [2.05, 4.69) is 15.0 Å². The molecule has 1 heterocycles. The lowest BCUT2D eigenvalue weighted by Gasteiger charge is -2.16. The van der Waals surface area contributed by atoms with E-state index < -0.39 is 12.8 Å². The molecule has 108 valence electrons. The zero-order valence-electron chi connectivity index (χ0n) is 11.1. The third kappa shape index (κ3) is 6.54. The molecular formula is C13H19F3N2O. The molecule has 1 N–H and O–H groups in total. The van der Waals surface area contributed by atoms with Crippen LogP contribution in [0.1, 0.15) is 18.2 Å². The van der Waals surface area contributed by atoms with Crippen molar-refractivity contribution < 1.29 is 17.9 Å². The number of ether oxygens (including phenoxy) is 1. The van der Waals surface area contributed by atoms with E-state index >= 15 is 0 Å². The van der Waals surface area contributed by atoms with Gasteiger partial charge in [-0.15, -0.1) is 0 Å². The Morgan fingerprint density at radius 2 is 2.11 bits per heavy atom. The smallest absolute Gasteiger partial charge is 0.370 e. The van der Waals surface area contributed by atoms with E-state index in [1.54, 1.807) is 13.2 Å². The van der Waals surface area contributed by atoms with Crippen LogP contribution in [0.4, 0.5) is 13.2 Å². The molecule has 0 bridgehead atoms. The maximum Gasteiger partial charge on any atom is 0.411 e. The maximum atomic E-state index is 12.0. The molecule has 1 atom stereocenters. The number of nitrogens with zero attached hydrogens (tertiary/aromatic N) is 1. The highest BCUT2D eigenvalue weighted by atomic mass is 19.4. The average molecular weight is 276 g/mol. The Bertz CT molecular complexity index is 365. The van der Waals surface area contributed by atoms with Crippen LogP contribution in [0.2, 0.25) is 0 Å². The first kappa shape index (κ1) is 15.9. The van der Waals surface area contributed by atoms with Crippen LogP contribution in [0.3, 0.4) is 0 Å². The van der Waals surface area contributed by atoms with E-state index in [1.807, 2.05) is 19.1 Å². The van der Waals surface area contributed by atoms with Crippen LogP contribution in [0.25, 0.3) is 0 Å². The number of likely N-dealkylation sites (N-methyl/N-ethyl adjacent to an activating group) is 1. The Balaban J connectivity index is 2.42. The van der Waals surface area contributed by atoms with Gasteiger partial charge in [-0.25, -0.2) is 0 Å². The minimum Gasteiger partial charge on any atom is -0.370 e. The zero-order valence-corrected chi connectivity index (χ0v) is 11.1. The molecule has 1 unspecified atom stereocenters. The molecule has 0 radical (unpaired) electrons. The van der Waals surface area contributed by atoms with Crippen LogP contribution >= 0.6 is 0 Å². The molecule has 0 aromatic carbocycles. The van der Waals surface area contributed by atoms with Crippen molar-refractivity contribution in [3.63, 3.8) is 0 Å². The summed E-state index contributed by atoms with van der Waals surface area (Å²) in [6, 6.07) is 3.70. The minimum absolute atomic E-state index is 0.00716. The normalized spacial score (nSPS) is 13.5. The lowest BCUT2D eigenvalue weighted by molar-refractivity contribution is -0.175. The predicted octanol–water partition coefficient (Wildman–Crippen LogP) is 2.35. The van der Waals surface area contributed by atoms with Gasteiger partial charge in [0.25, 0.3) is 0 Å². The molecule has 0 amide bonds. The molecular weight excluding hydrogens is 257 g/mol. The van der Waals surface area contributed by atoms with Gasteiger partial charge in [0.1, 0.15) is 6.61 Å². The van der Waals surface area contributed by atoms with Gasteiger partial charge in [-0.1, -0.05) is 13.0 Å². The molecule has 19 heavy (non-hydrogen) atoms. The van der Waals surface area contributed by atoms with Crippen molar-refractivity contribution >= 4 is 0 Å². The molecule has 0 aliphatic rings. The topological polar surface area (TPSA) is 34.1 Å². The van der Waals surface area contributed by atoms with Crippen molar-refractivity contribution in [2.24, 2.45) is 0 Å². The number of aromatic nitrogens is 1. The number of hydrogen-bond donors (Lipinski definition) is 1. The van der Waals surface area contributed by atoms with E-state index in [4.69, 9.17) is 0 Å². The highest BCUT2D eigenvalue weighted by Gasteiger charge is 2.27. The van der Waals surface area contributed by atoms with Crippen molar-refractivity contribution in [3.05, 3.63) is 29.6 Å². The molecule has 0 saturated heterocycles. The first-order chi connectivity index (χ1) is 8.94. The number of rotatable bonds is 7. The van der Waals surface area contributed by atoms with Crippen molar-refractivity contribution in [2.75, 3.05) is 20.3 Å². The summed E-state index contributed by atoms with van der Waals surface area (Å²) in [4.78, 5) is 4.28. The summed E-state index contributed by atoms with van der Waals surface area (Å²) in [5.74, 6) is 0. The van der Waals surface area contributed by atoms with Gasteiger partial charge in [0.2, 0.25) is 0 Å². The number of aryl methyl sites for hydroxylation is 1. The second-order valence-corrected chi connectivity index (χ2v) is 4.33. The summed E-state index contributed by atoms with van der Waals surface area (Å²) in [7, 11) is 1.70. The SMILES string of the molecule is CCc1ccc(CC(COCC(F)(F)F)NC)nc1. The molecule has 6 heteroatoms. The fourth-order valence-corrected chi connectivity index (χ4v) is 1.60. The largest absolute Gasteiger partial charge is 0.411 e. The third-order valence-electron chi connectivity index (χ3n) is 2.74. The summed E-state index contributed by atoms with van der Waals surface area (Å²) in [6.07, 6.45) is -1.03. The lowest BCUT2D eigenvalue weighted by Crippen LogP contribution is -2.34. The Morgan fingerprint density at radius 1 is 1.37 bits per heavy atom. The van der Waals surface area contributed by atoms with Gasteiger partial charge in [-0.3, -0.25) is 4.98 Å². The van der Waals surface area contributed by atoms with Crippen LogP contribution in [0, 0.1) is 0 Å². The van der Waals surface area contributed by atoms with Crippen LogP contribution in [0.15, 0.2) is 18.3 Å². The lowest BCUT2D eigenvalue weighted by atomic mass is 10.1. The molecule has 1 aromatic heterocycles. The monoisotopic (exact) mass is 276 g/mol. The number of halogens is 3. The average Bonchev–Trinajstić information content (AvgIpc) is 2.37. The summed E-state index contributed by atoms with van der Waals surface area (Å²) in [6.45, 7) is 0.832.